The van der Waals surface area contributed by atoms with Crippen LogP contribution in [-0.4, -0.2) is 20.2 Å². The largest absolute Gasteiger partial charge is 0.302 e. The van der Waals surface area contributed by atoms with E-state index in [1.807, 2.05) is 0 Å². The van der Waals surface area contributed by atoms with Crippen LogP contribution in [0, 0.1) is 0 Å². The number of alkyl halides is 1. The fourth-order valence-corrected chi connectivity index (χ4v) is 1.73. The van der Waals surface area contributed by atoms with Crippen molar-refractivity contribution in [2.75, 3.05) is 5.88 Å². The van der Waals surface area contributed by atoms with Gasteiger partial charge in [-0.3, -0.25) is 8.74 Å². The molecule has 0 aliphatic heterocycles. The Balaban J connectivity index is 2.30. The van der Waals surface area contributed by atoms with E-state index in [1.54, 1.807) is 0 Å². The SMILES string of the molecule is O=S(O)OC1(CCCl)CC1. The first-order valence-corrected chi connectivity index (χ1v) is 4.61. The minimum Gasteiger partial charge on any atom is -0.284 e. The van der Waals surface area contributed by atoms with E-state index in [1.165, 1.54) is 0 Å². The Morgan fingerprint density at radius 2 is 2.30 bits per heavy atom. The van der Waals surface area contributed by atoms with E-state index in [0.29, 0.717) is 12.3 Å². The zero-order valence-corrected chi connectivity index (χ0v) is 6.95. The predicted molar refractivity (Wildman–Crippen MR) is 39.2 cm³/mol. The molecule has 1 saturated carbocycles. The first-order valence-electron chi connectivity index (χ1n) is 3.05. The highest BCUT2D eigenvalue weighted by Crippen LogP contribution is 2.43. The number of hydrogen-bond donors (Lipinski definition) is 1. The van der Waals surface area contributed by atoms with Crippen LogP contribution in [0.15, 0.2) is 0 Å². The Hall–Kier alpha value is 0.360. The number of halogens is 1. The highest BCUT2D eigenvalue weighted by atomic mass is 35.5. The van der Waals surface area contributed by atoms with Gasteiger partial charge in [-0.25, -0.2) is 0 Å². The lowest BCUT2D eigenvalue weighted by atomic mass is 10.3. The molecular formula is C5H9ClO3S. The molecule has 1 unspecified atom stereocenters. The number of hydrogen-bond acceptors (Lipinski definition) is 2. The zero-order chi connectivity index (χ0) is 7.61. The topological polar surface area (TPSA) is 46.5 Å². The first-order chi connectivity index (χ1) is 4.68. The van der Waals surface area contributed by atoms with Crippen molar-refractivity contribution in [3.8, 4) is 0 Å². The maximum atomic E-state index is 10.2. The molecule has 10 heavy (non-hydrogen) atoms. The maximum Gasteiger partial charge on any atom is 0.302 e. The molecule has 1 rings (SSSR count). The van der Waals surface area contributed by atoms with Crippen molar-refractivity contribution in [3.63, 3.8) is 0 Å². The van der Waals surface area contributed by atoms with Gasteiger partial charge in [-0.15, -0.1) is 11.6 Å². The molecular weight excluding hydrogens is 176 g/mol. The van der Waals surface area contributed by atoms with Crippen LogP contribution in [0.2, 0.25) is 0 Å². The van der Waals surface area contributed by atoms with Gasteiger partial charge in [0.05, 0.1) is 5.60 Å². The van der Waals surface area contributed by atoms with Gasteiger partial charge in [-0.1, -0.05) is 0 Å². The molecule has 1 atom stereocenters. The van der Waals surface area contributed by atoms with Gasteiger partial charge in [0, 0.05) is 5.88 Å². The van der Waals surface area contributed by atoms with Crippen LogP contribution in [0.3, 0.4) is 0 Å². The molecule has 0 aromatic carbocycles. The molecule has 0 saturated heterocycles. The smallest absolute Gasteiger partial charge is 0.284 e. The van der Waals surface area contributed by atoms with Crippen molar-refractivity contribution in [1.29, 1.82) is 0 Å². The lowest BCUT2D eigenvalue weighted by molar-refractivity contribution is 0.179. The van der Waals surface area contributed by atoms with Crippen molar-refractivity contribution in [3.05, 3.63) is 0 Å². The molecule has 1 fully saturated rings. The summed E-state index contributed by atoms with van der Waals surface area (Å²) in [5.41, 5.74) is -0.360. The molecule has 0 aromatic heterocycles. The molecule has 0 bridgehead atoms. The summed E-state index contributed by atoms with van der Waals surface area (Å²) in [6.07, 6.45) is 2.37. The molecule has 1 aliphatic carbocycles. The molecule has 0 amide bonds. The van der Waals surface area contributed by atoms with E-state index in [2.05, 4.69) is 0 Å². The minimum atomic E-state index is -2.13. The Bertz CT molecular complexity index is 146. The third-order valence-electron chi connectivity index (χ3n) is 1.61. The second-order valence-corrected chi connectivity index (χ2v) is 3.40. The van der Waals surface area contributed by atoms with Crippen molar-refractivity contribution >= 4 is 23.0 Å². The van der Waals surface area contributed by atoms with Gasteiger partial charge in [-0.2, -0.15) is 4.21 Å². The summed E-state index contributed by atoms with van der Waals surface area (Å²) in [4.78, 5) is 0. The summed E-state index contributed by atoms with van der Waals surface area (Å²) in [5.74, 6) is 0.483. The average Bonchev–Trinajstić information content (AvgIpc) is 2.47. The van der Waals surface area contributed by atoms with Gasteiger partial charge in [0.1, 0.15) is 0 Å². The molecule has 0 aromatic rings. The zero-order valence-electron chi connectivity index (χ0n) is 5.38. The predicted octanol–water partition coefficient (Wildman–Crippen LogP) is 1.30. The summed E-state index contributed by atoms with van der Waals surface area (Å²) in [6.45, 7) is 0. The van der Waals surface area contributed by atoms with Gasteiger partial charge in [0.2, 0.25) is 0 Å². The van der Waals surface area contributed by atoms with E-state index < -0.39 is 11.4 Å². The van der Waals surface area contributed by atoms with Crippen molar-refractivity contribution in [1.82, 2.24) is 0 Å². The first kappa shape index (κ1) is 8.46. The molecule has 60 valence electrons. The molecule has 1 aliphatic rings. The van der Waals surface area contributed by atoms with E-state index in [-0.39, 0.29) is 5.60 Å². The van der Waals surface area contributed by atoms with E-state index in [9.17, 15) is 4.21 Å². The third kappa shape index (κ3) is 2.20. The fourth-order valence-electron chi connectivity index (χ4n) is 0.838. The van der Waals surface area contributed by atoms with Crippen LogP contribution < -0.4 is 0 Å². The van der Waals surface area contributed by atoms with Gasteiger partial charge < -0.3 is 0 Å². The van der Waals surface area contributed by atoms with Crippen LogP contribution >= 0.6 is 11.6 Å². The van der Waals surface area contributed by atoms with Crippen LogP contribution in [0.25, 0.3) is 0 Å². The van der Waals surface area contributed by atoms with E-state index in [4.69, 9.17) is 20.3 Å². The summed E-state index contributed by atoms with van der Waals surface area (Å²) in [7, 11) is 0. The quantitative estimate of drug-likeness (QED) is 0.529. The summed E-state index contributed by atoms with van der Waals surface area (Å²) < 4.78 is 23.3. The monoisotopic (exact) mass is 184 g/mol. The number of rotatable bonds is 4. The van der Waals surface area contributed by atoms with E-state index >= 15 is 0 Å². The summed E-state index contributed by atoms with van der Waals surface area (Å²) in [5, 5.41) is 0. The van der Waals surface area contributed by atoms with Crippen LogP contribution in [-0.2, 0) is 15.5 Å². The molecule has 0 spiro atoms. The Kier molecular flexibility index (Phi) is 2.68. The van der Waals surface area contributed by atoms with Gasteiger partial charge in [0.15, 0.2) is 0 Å². The molecule has 0 heterocycles. The molecule has 5 heteroatoms. The van der Waals surface area contributed by atoms with Crippen LogP contribution in [0.5, 0.6) is 0 Å². The van der Waals surface area contributed by atoms with Crippen LogP contribution in [0.4, 0.5) is 0 Å². The summed E-state index contributed by atoms with van der Waals surface area (Å²) in [6, 6.07) is 0. The average molecular weight is 185 g/mol. The molecule has 1 N–H and O–H groups in total. The second kappa shape index (κ2) is 3.17. The van der Waals surface area contributed by atoms with Crippen molar-refractivity contribution in [2.24, 2.45) is 0 Å². The third-order valence-corrected chi connectivity index (χ3v) is 2.29. The Labute approximate surface area is 67.2 Å². The van der Waals surface area contributed by atoms with Crippen molar-refractivity contribution < 1.29 is 12.9 Å². The second-order valence-electron chi connectivity index (χ2n) is 2.42. The molecule has 3 nitrogen and oxygen atoms in total. The lowest BCUT2D eigenvalue weighted by Crippen LogP contribution is -2.15. The van der Waals surface area contributed by atoms with E-state index in [0.717, 1.165) is 12.8 Å². The van der Waals surface area contributed by atoms with Crippen molar-refractivity contribution in [2.45, 2.75) is 24.9 Å². The summed E-state index contributed by atoms with van der Waals surface area (Å²) >= 11 is 3.32. The highest BCUT2D eigenvalue weighted by molar-refractivity contribution is 7.74. The minimum absolute atomic E-state index is 0.360. The maximum absolute atomic E-state index is 10.2. The Morgan fingerprint density at radius 1 is 1.70 bits per heavy atom. The van der Waals surface area contributed by atoms with Gasteiger partial charge >= 0.3 is 11.4 Å². The van der Waals surface area contributed by atoms with Gasteiger partial charge in [0.25, 0.3) is 0 Å². The fraction of sp³-hybridized carbons (Fsp3) is 1.00. The van der Waals surface area contributed by atoms with Gasteiger partial charge in [-0.05, 0) is 19.3 Å². The normalized spacial score (nSPS) is 24.2. The standard InChI is InChI=1S/C5H9ClO3S/c6-4-3-5(1-2-5)9-10(7)8/h1-4H2,(H,7,8). The Morgan fingerprint density at radius 3 is 2.60 bits per heavy atom. The highest BCUT2D eigenvalue weighted by Gasteiger charge is 2.45. The lowest BCUT2D eigenvalue weighted by Gasteiger charge is -2.09. The molecule has 0 radical (unpaired) electrons. The van der Waals surface area contributed by atoms with Crippen LogP contribution in [0.1, 0.15) is 19.3 Å².